The molecule has 6 nitrogen and oxygen atoms in total. The molecule has 0 aromatic carbocycles. The summed E-state index contributed by atoms with van der Waals surface area (Å²) in [5, 5.41) is 8.06. The number of hydrogen-bond donors (Lipinski definition) is 1. The fourth-order valence-corrected chi connectivity index (χ4v) is 1.93. The molecule has 0 unspecified atom stereocenters. The van der Waals surface area contributed by atoms with Crippen molar-refractivity contribution >= 4 is 30.1 Å². The smallest absolute Gasteiger partial charge is 0.316 e. The number of hydrogen-bond acceptors (Lipinski definition) is 7. The molecule has 19 heavy (non-hydrogen) atoms. The Labute approximate surface area is 123 Å². The molecular weight excluding hydrogens is 290 g/mol. The van der Waals surface area contributed by atoms with E-state index in [-0.39, 0.29) is 30.2 Å². The summed E-state index contributed by atoms with van der Waals surface area (Å²) in [5.74, 6) is 0.737. The highest BCUT2D eigenvalue weighted by Gasteiger charge is 2.16. The molecule has 0 radical (unpaired) electrons. The molecule has 1 aromatic heterocycles. The van der Waals surface area contributed by atoms with Crippen molar-refractivity contribution in [2.75, 3.05) is 12.4 Å². The quantitative estimate of drug-likeness (QED) is 0.609. The van der Waals surface area contributed by atoms with Gasteiger partial charge in [0.15, 0.2) is 0 Å². The number of halogens is 1. The Morgan fingerprint density at radius 3 is 2.74 bits per heavy atom. The molecule has 1 heterocycles. The van der Waals surface area contributed by atoms with Crippen molar-refractivity contribution in [3.8, 4) is 0 Å². The third-order valence-corrected chi connectivity index (χ3v) is 2.88. The molecule has 1 rings (SSSR count). The predicted molar refractivity (Wildman–Crippen MR) is 75.3 cm³/mol. The Morgan fingerprint density at radius 1 is 1.47 bits per heavy atom. The second kappa shape index (κ2) is 9.17. The van der Waals surface area contributed by atoms with Crippen LogP contribution >= 0.6 is 24.2 Å². The van der Waals surface area contributed by atoms with E-state index in [4.69, 9.17) is 14.9 Å². The number of carbonyl (C=O) groups excluding carboxylic acids is 1. The van der Waals surface area contributed by atoms with Crippen molar-refractivity contribution in [3.05, 3.63) is 5.89 Å². The van der Waals surface area contributed by atoms with Crippen molar-refractivity contribution in [1.29, 1.82) is 0 Å². The number of thioether (sulfide) groups is 1. The number of nitrogens with two attached hydrogens (primary N) is 1. The van der Waals surface area contributed by atoms with E-state index in [1.54, 1.807) is 6.92 Å². The Balaban J connectivity index is 0.00000324. The summed E-state index contributed by atoms with van der Waals surface area (Å²) >= 11 is 1.16. The number of rotatable bonds is 7. The summed E-state index contributed by atoms with van der Waals surface area (Å²) in [5.41, 5.74) is 5.92. The van der Waals surface area contributed by atoms with E-state index in [2.05, 4.69) is 24.0 Å². The zero-order valence-corrected chi connectivity index (χ0v) is 12.9. The van der Waals surface area contributed by atoms with Crippen LogP contribution in [0.15, 0.2) is 9.64 Å². The van der Waals surface area contributed by atoms with Gasteiger partial charge in [-0.05, 0) is 19.3 Å². The average molecular weight is 310 g/mol. The van der Waals surface area contributed by atoms with Crippen LogP contribution in [0.5, 0.6) is 0 Å². The van der Waals surface area contributed by atoms with Crippen LogP contribution in [0, 0.1) is 5.92 Å². The van der Waals surface area contributed by atoms with E-state index in [0.717, 1.165) is 18.2 Å². The maximum atomic E-state index is 11.1. The molecular formula is C11H20ClN3O3S. The van der Waals surface area contributed by atoms with E-state index in [9.17, 15) is 4.79 Å². The SMILES string of the molecule is CCOC(=O)CSc1nnc([C@@H](N)CC(C)C)o1.Cl. The van der Waals surface area contributed by atoms with Crippen LogP contribution in [-0.4, -0.2) is 28.5 Å². The number of ether oxygens (including phenoxy) is 1. The van der Waals surface area contributed by atoms with Gasteiger partial charge in [-0.25, -0.2) is 0 Å². The Bertz CT molecular complexity index is 387. The molecule has 0 saturated carbocycles. The van der Waals surface area contributed by atoms with Crippen LogP contribution in [0.3, 0.4) is 0 Å². The highest BCUT2D eigenvalue weighted by molar-refractivity contribution is 7.99. The monoisotopic (exact) mass is 309 g/mol. The largest absolute Gasteiger partial charge is 0.465 e. The number of carbonyl (C=O) groups is 1. The van der Waals surface area contributed by atoms with Gasteiger partial charge in [0.05, 0.1) is 12.6 Å². The molecule has 0 aliphatic heterocycles. The maximum Gasteiger partial charge on any atom is 0.316 e. The molecule has 0 amide bonds. The molecule has 2 N–H and O–H groups in total. The first-order chi connectivity index (χ1) is 8.52. The minimum Gasteiger partial charge on any atom is -0.465 e. The van der Waals surface area contributed by atoms with Crippen LogP contribution in [0.25, 0.3) is 0 Å². The Hall–Kier alpha value is -0.790. The third kappa shape index (κ3) is 6.79. The summed E-state index contributed by atoms with van der Waals surface area (Å²) in [6, 6.07) is -0.255. The van der Waals surface area contributed by atoms with Gasteiger partial charge in [-0.1, -0.05) is 25.6 Å². The van der Waals surface area contributed by atoms with E-state index in [0.29, 0.717) is 23.6 Å². The summed E-state index contributed by atoms with van der Waals surface area (Å²) in [6.45, 7) is 6.28. The van der Waals surface area contributed by atoms with Crippen LogP contribution in [0.4, 0.5) is 0 Å². The minimum atomic E-state index is -0.297. The minimum absolute atomic E-state index is 0. The van der Waals surface area contributed by atoms with Gasteiger partial charge in [0.2, 0.25) is 5.89 Å². The van der Waals surface area contributed by atoms with Crippen molar-refractivity contribution in [2.45, 2.75) is 38.5 Å². The normalized spacial score (nSPS) is 12.1. The van der Waals surface area contributed by atoms with E-state index >= 15 is 0 Å². The second-order valence-corrected chi connectivity index (χ2v) is 5.16. The van der Waals surface area contributed by atoms with Crippen molar-refractivity contribution in [2.24, 2.45) is 11.7 Å². The number of esters is 1. The maximum absolute atomic E-state index is 11.1. The van der Waals surface area contributed by atoms with Gasteiger partial charge in [-0.3, -0.25) is 4.79 Å². The molecule has 0 aliphatic rings. The summed E-state index contributed by atoms with van der Waals surface area (Å²) < 4.78 is 10.2. The lowest BCUT2D eigenvalue weighted by molar-refractivity contribution is -0.139. The first-order valence-electron chi connectivity index (χ1n) is 5.90. The fourth-order valence-electron chi connectivity index (χ4n) is 1.36. The van der Waals surface area contributed by atoms with Crippen molar-refractivity contribution in [1.82, 2.24) is 10.2 Å². The molecule has 110 valence electrons. The Kier molecular flexibility index (Phi) is 8.79. The number of aromatic nitrogens is 2. The lowest BCUT2D eigenvalue weighted by Gasteiger charge is -2.08. The van der Waals surface area contributed by atoms with Gasteiger partial charge >= 0.3 is 5.97 Å². The first kappa shape index (κ1) is 18.2. The molecule has 0 fully saturated rings. The topological polar surface area (TPSA) is 91.2 Å². The molecule has 0 bridgehead atoms. The molecule has 1 aromatic rings. The summed E-state index contributed by atoms with van der Waals surface area (Å²) in [4.78, 5) is 11.1. The molecule has 0 aliphatic carbocycles. The molecule has 8 heteroatoms. The van der Waals surface area contributed by atoms with Gasteiger partial charge in [0, 0.05) is 0 Å². The number of nitrogens with zero attached hydrogens (tertiary/aromatic N) is 2. The van der Waals surface area contributed by atoms with Gasteiger partial charge < -0.3 is 14.9 Å². The van der Waals surface area contributed by atoms with Gasteiger partial charge in [0.1, 0.15) is 5.75 Å². The van der Waals surface area contributed by atoms with Gasteiger partial charge in [-0.15, -0.1) is 22.6 Å². The predicted octanol–water partition coefficient (Wildman–Crippen LogP) is 2.19. The van der Waals surface area contributed by atoms with E-state index < -0.39 is 0 Å². The second-order valence-electron chi connectivity index (χ2n) is 4.24. The van der Waals surface area contributed by atoms with E-state index in [1.165, 1.54) is 0 Å². The van der Waals surface area contributed by atoms with E-state index in [1.807, 2.05) is 0 Å². The highest BCUT2D eigenvalue weighted by atomic mass is 35.5. The first-order valence-corrected chi connectivity index (χ1v) is 6.88. The molecule has 1 atom stereocenters. The van der Waals surface area contributed by atoms with Crippen LogP contribution in [0.1, 0.15) is 39.1 Å². The zero-order valence-electron chi connectivity index (χ0n) is 11.3. The van der Waals surface area contributed by atoms with Crippen LogP contribution in [0.2, 0.25) is 0 Å². The summed E-state index contributed by atoms with van der Waals surface area (Å²) in [7, 11) is 0. The third-order valence-electron chi connectivity index (χ3n) is 2.08. The fraction of sp³-hybridized carbons (Fsp3) is 0.727. The van der Waals surface area contributed by atoms with Gasteiger partial charge in [0.25, 0.3) is 5.22 Å². The average Bonchev–Trinajstić information content (AvgIpc) is 2.74. The standard InChI is InChI=1S/C11H19N3O3S.ClH/c1-4-16-9(15)6-18-11-14-13-10(17-11)8(12)5-7(2)3;/h7-8H,4-6,12H2,1-3H3;1H/t8-;/m0./s1. The lowest BCUT2D eigenvalue weighted by Crippen LogP contribution is -2.13. The van der Waals surface area contributed by atoms with Crippen molar-refractivity contribution < 1.29 is 13.9 Å². The van der Waals surface area contributed by atoms with Crippen LogP contribution < -0.4 is 5.73 Å². The summed E-state index contributed by atoms with van der Waals surface area (Å²) in [6.07, 6.45) is 0.782. The zero-order chi connectivity index (χ0) is 13.5. The lowest BCUT2D eigenvalue weighted by atomic mass is 10.1. The Morgan fingerprint density at radius 2 is 2.16 bits per heavy atom. The van der Waals surface area contributed by atoms with Crippen LogP contribution in [-0.2, 0) is 9.53 Å². The van der Waals surface area contributed by atoms with Gasteiger partial charge in [-0.2, -0.15) is 0 Å². The van der Waals surface area contributed by atoms with Crippen molar-refractivity contribution in [3.63, 3.8) is 0 Å². The molecule has 0 saturated heterocycles. The molecule has 0 spiro atoms. The highest BCUT2D eigenvalue weighted by Crippen LogP contribution is 2.22.